The van der Waals surface area contributed by atoms with E-state index in [-0.39, 0.29) is 29.8 Å². The number of amides is 2. The maximum absolute atomic E-state index is 12.7. The summed E-state index contributed by atoms with van der Waals surface area (Å²) in [5.74, 6) is 0.0460. The third-order valence-corrected chi connectivity index (χ3v) is 4.03. The lowest BCUT2D eigenvalue weighted by Crippen LogP contribution is -2.67. The zero-order chi connectivity index (χ0) is 15.6. The van der Waals surface area contributed by atoms with Crippen molar-refractivity contribution in [2.75, 3.05) is 26.4 Å². The topological polar surface area (TPSA) is 67.9 Å². The summed E-state index contributed by atoms with van der Waals surface area (Å²) in [5.41, 5.74) is 0. The number of nitrogens with zero attached hydrogens (tertiary/aromatic N) is 1. The molecule has 0 aromatic rings. The van der Waals surface area contributed by atoms with Gasteiger partial charge in [0, 0.05) is 0 Å². The molecule has 2 aliphatic heterocycles. The van der Waals surface area contributed by atoms with Gasteiger partial charge in [0.25, 0.3) is 0 Å². The lowest BCUT2D eigenvalue weighted by atomic mass is 9.92. The van der Waals surface area contributed by atoms with Crippen molar-refractivity contribution in [1.29, 1.82) is 0 Å². The van der Waals surface area contributed by atoms with E-state index < -0.39 is 12.1 Å². The number of nitrogens with one attached hydrogen (secondary N) is 1. The number of carbonyl (C=O) groups is 2. The molecule has 0 bridgehead atoms. The second-order valence-electron chi connectivity index (χ2n) is 6.48. The van der Waals surface area contributed by atoms with Crippen LogP contribution in [0.4, 0.5) is 0 Å². The zero-order valence-electron chi connectivity index (χ0n) is 13.3. The maximum Gasteiger partial charge on any atom is 0.246 e. The second kappa shape index (κ2) is 6.75. The van der Waals surface area contributed by atoms with E-state index in [2.05, 4.69) is 5.32 Å². The summed E-state index contributed by atoms with van der Waals surface area (Å²) in [5, 5.41) is 2.86. The first-order valence-electron chi connectivity index (χ1n) is 7.72. The van der Waals surface area contributed by atoms with E-state index in [1.165, 1.54) is 0 Å². The predicted octanol–water partition coefficient (Wildman–Crippen LogP) is 0.409. The Morgan fingerprint density at radius 1 is 1.19 bits per heavy atom. The van der Waals surface area contributed by atoms with E-state index in [0.29, 0.717) is 26.4 Å². The number of carbonyl (C=O) groups excluding carboxylic acids is 2. The van der Waals surface area contributed by atoms with Crippen LogP contribution in [0.5, 0.6) is 0 Å². The minimum atomic E-state index is -0.447. The highest BCUT2D eigenvalue weighted by Crippen LogP contribution is 2.21. The highest BCUT2D eigenvalue weighted by Gasteiger charge is 2.43. The summed E-state index contributed by atoms with van der Waals surface area (Å²) >= 11 is 0. The van der Waals surface area contributed by atoms with Crippen LogP contribution in [-0.2, 0) is 19.1 Å². The molecule has 3 atom stereocenters. The number of hydrogen-bond acceptors (Lipinski definition) is 4. The Hall–Kier alpha value is -1.14. The van der Waals surface area contributed by atoms with Crippen LogP contribution in [0.3, 0.4) is 0 Å². The Balaban J connectivity index is 2.16. The minimum Gasteiger partial charge on any atom is -0.376 e. The Kier molecular flexibility index (Phi) is 5.22. The first-order chi connectivity index (χ1) is 9.91. The van der Waals surface area contributed by atoms with Crippen LogP contribution in [0.15, 0.2) is 0 Å². The number of hydrogen-bond donors (Lipinski definition) is 1. The number of piperazine rings is 1. The molecule has 0 radical (unpaired) electrons. The molecule has 2 amide bonds. The summed E-state index contributed by atoms with van der Waals surface area (Å²) in [6.45, 7) is 9.82. The molecule has 0 aliphatic carbocycles. The third kappa shape index (κ3) is 3.55. The maximum atomic E-state index is 12.7. The molecule has 0 saturated carbocycles. The molecule has 1 N–H and O–H groups in total. The van der Waals surface area contributed by atoms with Crippen LogP contribution >= 0.6 is 0 Å². The first kappa shape index (κ1) is 16.2. The highest BCUT2D eigenvalue weighted by molar-refractivity contribution is 5.97. The fourth-order valence-electron chi connectivity index (χ4n) is 2.94. The van der Waals surface area contributed by atoms with Crippen molar-refractivity contribution in [1.82, 2.24) is 10.2 Å². The van der Waals surface area contributed by atoms with E-state index in [4.69, 9.17) is 9.47 Å². The Morgan fingerprint density at radius 3 is 2.43 bits per heavy atom. The molecule has 2 saturated heterocycles. The fourth-order valence-corrected chi connectivity index (χ4v) is 2.94. The van der Waals surface area contributed by atoms with Gasteiger partial charge in [-0.2, -0.15) is 0 Å². The van der Waals surface area contributed by atoms with Crippen molar-refractivity contribution in [2.24, 2.45) is 11.8 Å². The van der Waals surface area contributed by atoms with Gasteiger partial charge in [0.05, 0.1) is 32.5 Å². The SMILES string of the molecule is CC(C)C1NC(=O)C(C(C)C)N(CC2COCCO2)C1=O. The van der Waals surface area contributed by atoms with Gasteiger partial charge in [-0.05, 0) is 11.8 Å². The summed E-state index contributed by atoms with van der Waals surface area (Å²) in [6, 6.07) is -0.880. The van der Waals surface area contributed by atoms with Gasteiger partial charge in [0.1, 0.15) is 12.1 Å². The van der Waals surface area contributed by atoms with Crippen molar-refractivity contribution in [2.45, 2.75) is 45.9 Å². The van der Waals surface area contributed by atoms with Gasteiger partial charge in [0.2, 0.25) is 11.8 Å². The van der Waals surface area contributed by atoms with Crippen molar-refractivity contribution >= 4 is 11.8 Å². The number of ether oxygens (including phenoxy) is 2. The average Bonchev–Trinajstić information content (AvgIpc) is 2.43. The summed E-state index contributed by atoms with van der Waals surface area (Å²) in [7, 11) is 0. The summed E-state index contributed by atoms with van der Waals surface area (Å²) in [6.07, 6.45) is -0.150. The van der Waals surface area contributed by atoms with E-state index in [0.717, 1.165) is 0 Å². The van der Waals surface area contributed by atoms with Crippen LogP contribution in [0.2, 0.25) is 0 Å². The smallest absolute Gasteiger partial charge is 0.246 e. The molecule has 6 heteroatoms. The van der Waals surface area contributed by atoms with Crippen molar-refractivity contribution in [3.63, 3.8) is 0 Å². The van der Waals surface area contributed by atoms with Gasteiger partial charge < -0.3 is 19.7 Å². The molecule has 2 heterocycles. The summed E-state index contributed by atoms with van der Waals surface area (Å²) < 4.78 is 11.0. The lowest BCUT2D eigenvalue weighted by Gasteiger charge is -2.43. The molecule has 2 fully saturated rings. The van der Waals surface area contributed by atoms with Crippen LogP contribution in [0.1, 0.15) is 27.7 Å². The first-order valence-corrected chi connectivity index (χ1v) is 7.72. The molecule has 3 unspecified atom stereocenters. The Labute approximate surface area is 126 Å². The normalized spacial score (nSPS) is 31.0. The van der Waals surface area contributed by atoms with Gasteiger partial charge in [-0.3, -0.25) is 9.59 Å². The average molecular weight is 298 g/mol. The minimum absolute atomic E-state index is 0.0162. The molecule has 0 aromatic carbocycles. The third-order valence-electron chi connectivity index (χ3n) is 4.03. The van der Waals surface area contributed by atoms with E-state index in [1.54, 1.807) is 4.90 Å². The Morgan fingerprint density at radius 2 is 1.90 bits per heavy atom. The van der Waals surface area contributed by atoms with Gasteiger partial charge in [0.15, 0.2) is 0 Å². The summed E-state index contributed by atoms with van der Waals surface area (Å²) in [4.78, 5) is 26.8. The molecule has 2 aliphatic rings. The van der Waals surface area contributed by atoms with Gasteiger partial charge in [-0.15, -0.1) is 0 Å². The van der Waals surface area contributed by atoms with Crippen molar-refractivity contribution in [3.05, 3.63) is 0 Å². The largest absolute Gasteiger partial charge is 0.376 e. The molecule has 120 valence electrons. The van der Waals surface area contributed by atoms with Crippen LogP contribution in [0.25, 0.3) is 0 Å². The van der Waals surface area contributed by atoms with E-state index >= 15 is 0 Å². The van der Waals surface area contributed by atoms with Crippen molar-refractivity contribution in [3.8, 4) is 0 Å². The van der Waals surface area contributed by atoms with Gasteiger partial charge >= 0.3 is 0 Å². The highest BCUT2D eigenvalue weighted by atomic mass is 16.6. The molecule has 0 aromatic heterocycles. The number of rotatable bonds is 4. The molecule has 0 spiro atoms. The van der Waals surface area contributed by atoms with Crippen LogP contribution in [-0.4, -0.2) is 61.3 Å². The monoisotopic (exact) mass is 298 g/mol. The zero-order valence-corrected chi connectivity index (χ0v) is 13.3. The molecular formula is C15H26N2O4. The molecule has 2 rings (SSSR count). The standard InChI is InChI=1S/C15H26N2O4/c1-9(2)12-15(19)17(7-11-8-20-5-6-21-11)13(10(3)4)14(18)16-12/h9-13H,5-8H2,1-4H3,(H,16,18). The Bertz CT molecular complexity index is 391. The van der Waals surface area contributed by atoms with Crippen LogP contribution < -0.4 is 5.32 Å². The lowest BCUT2D eigenvalue weighted by molar-refractivity contribution is -0.158. The molecular weight excluding hydrogens is 272 g/mol. The van der Waals surface area contributed by atoms with E-state index in [9.17, 15) is 9.59 Å². The van der Waals surface area contributed by atoms with Gasteiger partial charge in [-0.25, -0.2) is 0 Å². The predicted molar refractivity (Wildman–Crippen MR) is 77.7 cm³/mol. The van der Waals surface area contributed by atoms with Gasteiger partial charge in [-0.1, -0.05) is 27.7 Å². The molecule has 6 nitrogen and oxygen atoms in total. The second-order valence-corrected chi connectivity index (χ2v) is 6.48. The fraction of sp³-hybridized carbons (Fsp3) is 0.867. The van der Waals surface area contributed by atoms with Crippen molar-refractivity contribution < 1.29 is 19.1 Å². The quantitative estimate of drug-likeness (QED) is 0.816. The molecule has 21 heavy (non-hydrogen) atoms. The van der Waals surface area contributed by atoms with E-state index in [1.807, 2.05) is 27.7 Å². The van der Waals surface area contributed by atoms with Crippen LogP contribution in [0, 0.1) is 11.8 Å².